The Morgan fingerprint density at radius 1 is 1.33 bits per heavy atom. The van der Waals surface area contributed by atoms with Crippen molar-refractivity contribution in [3.63, 3.8) is 0 Å². The Labute approximate surface area is 124 Å². The number of aromatic carboxylic acids is 1. The number of hydrogen-bond acceptors (Lipinski definition) is 3. The van der Waals surface area contributed by atoms with E-state index in [4.69, 9.17) is 9.84 Å². The number of hydrogen-bond donors (Lipinski definition) is 3. The average molecular weight is 294 g/mol. The number of carbonyl (C=O) groups is 2. The van der Waals surface area contributed by atoms with E-state index in [0.29, 0.717) is 18.8 Å². The fraction of sp³-hybridized carbons (Fsp3) is 0.467. The summed E-state index contributed by atoms with van der Waals surface area (Å²) in [5.41, 5.74) is 0.506. The van der Waals surface area contributed by atoms with Crippen molar-refractivity contribution in [3.8, 4) is 0 Å². The summed E-state index contributed by atoms with van der Waals surface area (Å²) in [7, 11) is 1.64. The molecule has 0 atom stereocenters. The van der Waals surface area contributed by atoms with Gasteiger partial charge in [-0.1, -0.05) is 19.9 Å². The van der Waals surface area contributed by atoms with Gasteiger partial charge in [0.05, 0.1) is 5.56 Å². The first-order valence-electron chi connectivity index (χ1n) is 6.71. The Hall–Kier alpha value is -2.08. The highest BCUT2D eigenvalue weighted by molar-refractivity contribution is 5.93. The van der Waals surface area contributed by atoms with Gasteiger partial charge in [-0.15, -0.1) is 0 Å². The fourth-order valence-electron chi connectivity index (χ4n) is 1.69. The zero-order valence-electron chi connectivity index (χ0n) is 12.6. The summed E-state index contributed by atoms with van der Waals surface area (Å²) in [4.78, 5) is 22.7. The van der Waals surface area contributed by atoms with Gasteiger partial charge in [0.15, 0.2) is 0 Å². The van der Waals surface area contributed by atoms with Crippen LogP contribution in [0.15, 0.2) is 24.3 Å². The molecule has 21 heavy (non-hydrogen) atoms. The lowest BCUT2D eigenvalue weighted by atomic mass is 9.90. The van der Waals surface area contributed by atoms with E-state index in [1.807, 2.05) is 13.8 Å². The number of nitrogens with one attached hydrogen (secondary N) is 2. The minimum atomic E-state index is -1.03. The van der Waals surface area contributed by atoms with Crippen LogP contribution in [-0.4, -0.2) is 37.4 Å². The molecule has 1 rings (SSSR count). The van der Waals surface area contributed by atoms with Crippen molar-refractivity contribution in [1.82, 2.24) is 5.32 Å². The second-order valence-electron chi connectivity index (χ2n) is 5.60. The molecule has 0 aliphatic heterocycles. The first-order valence-corrected chi connectivity index (χ1v) is 6.71. The lowest BCUT2D eigenvalue weighted by molar-refractivity contribution is 0.0697. The number of methoxy groups -OCH3 is 1. The van der Waals surface area contributed by atoms with Gasteiger partial charge in [-0.2, -0.15) is 0 Å². The third kappa shape index (κ3) is 6.27. The molecule has 0 bridgehead atoms. The second-order valence-corrected chi connectivity index (χ2v) is 5.60. The normalized spacial score (nSPS) is 11.0. The fourth-order valence-corrected chi connectivity index (χ4v) is 1.69. The standard InChI is InChI=1S/C15H22N2O4/c1-15(2,7-8-21-3)10-16-14(20)17-12-6-4-5-11(9-12)13(18)19/h4-6,9H,7-8,10H2,1-3H3,(H,18,19)(H2,16,17,20). The minimum Gasteiger partial charge on any atom is -0.478 e. The summed E-state index contributed by atoms with van der Waals surface area (Å²) < 4.78 is 5.03. The molecule has 0 aliphatic carbocycles. The van der Waals surface area contributed by atoms with Gasteiger partial charge in [0.2, 0.25) is 0 Å². The molecular weight excluding hydrogens is 272 g/mol. The number of benzene rings is 1. The Morgan fingerprint density at radius 2 is 2.05 bits per heavy atom. The minimum absolute atomic E-state index is 0.0732. The van der Waals surface area contributed by atoms with E-state index in [9.17, 15) is 9.59 Å². The third-order valence-electron chi connectivity index (χ3n) is 3.08. The van der Waals surface area contributed by atoms with E-state index in [2.05, 4.69) is 10.6 Å². The van der Waals surface area contributed by atoms with Crippen LogP contribution in [0.5, 0.6) is 0 Å². The molecule has 0 saturated heterocycles. The zero-order valence-corrected chi connectivity index (χ0v) is 12.6. The van der Waals surface area contributed by atoms with Crippen LogP contribution in [0.4, 0.5) is 10.5 Å². The van der Waals surface area contributed by atoms with Crippen LogP contribution in [0.2, 0.25) is 0 Å². The van der Waals surface area contributed by atoms with Crippen molar-refractivity contribution < 1.29 is 19.4 Å². The lowest BCUT2D eigenvalue weighted by Crippen LogP contribution is -2.37. The smallest absolute Gasteiger partial charge is 0.335 e. The number of carboxylic acid groups (broad SMARTS) is 1. The molecule has 6 heteroatoms. The molecule has 2 amide bonds. The third-order valence-corrected chi connectivity index (χ3v) is 3.08. The molecule has 0 aliphatic rings. The average Bonchev–Trinajstić information content (AvgIpc) is 2.43. The molecule has 3 N–H and O–H groups in total. The maximum absolute atomic E-state index is 11.8. The van der Waals surface area contributed by atoms with Gasteiger partial charge in [-0.25, -0.2) is 9.59 Å². The molecule has 0 saturated carbocycles. The van der Waals surface area contributed by atoms with Crippen molar-refractivity contribution in [3.05, 3.63) is 29.8 Å². The van der Waals surface area contributed by atoms with Crippen molar-refractivity contribution in [2.24, 2.45) is 5.41 Å². The molecular formula is C15H22N2O4. The van der Waals surface area contributed by atoms with Crippen LogP contribution in [0.3, 0.4) is 0 Å². The molecule has 1 aromatic carbocycles. The summed E-state index contributed by atoms with van der Waals surface area (Å²) in [6, 6.07) is 5.75. The highest BCUT2D eigenvalue weighted by Crippen LogP contribution is 2.18. The van der Waals surface area contributed by atoms with Gasteiger partial charge < -0.3 is 20.5 Å². The lowest BCUT2D eigenvalue weighted by Gasteiger charge is -2.24. The molecule has 0 radical (unpaired) electrons. The topological polar surface area (TPSA) is 87.7 Å². The van der Waals surface area contributed by atoms with Gasteiger partial charge in [0, 0.05) is 25.9 Å². The molecule has 1 aromatic rings. The second kappa shape index (κ2) is 7.64. The van der Waals surface area contributed by atoms with Crippen LogP contribution >= 0.6 is 0 Å². The number of rotatable bonds is 7. The number of anilines is 1. The van der Waals surface area contributed by atoms with E-state index < -0.39 is 5.97 Å². The van der Waals surface area contributed by atoms with Crippen LogP contribution < -0.4 is 10.6 Å². The molecule has 0 heterocycles. The SMILES string of the molecule is COCCC(C)(C)CNC(=O)Nc1cccc(C(=O)O)c1. The largest absolute Gasteiger partial charge is 0.478 e. The summed E-state index contributed by atoms with van der Waals surface area (Å²) in [6.07, 6.45) is 0.832. The van der Waals surface area contributed by atoms with Crippen molar-refractivity contribution in [2.45, 2.75) is 20.3 Å². The van der Waals surface area contributed by atoms with Crippen LogP contribution in [-0.2, 0) is 4.74 Å². The molecule has 0 spiro atoms. The van der Waals surface area contributed by atoms with E-state index >= 15 is 0 Å². The van der Waals surface area contributed by atoms with Gasteiger partial charge in [0.25, 0.3) is 0 Å². The highest BCUT2D eigenvalue weighted by Gasteiger charge is 2.18. The van der Waals surface area contributed by atoms with Crippen LogP contribution in [0, 0.1) is 5.41 Å². The molecule has 116 valence electrons. The molecule has 0 aromatic heterocycles. The summed E-state index contributed by atoms with van der Waals surface area (Å²) >= 11 is 0. The number of amides is 2. The van der Waals surface area contributed by atoms with E-state index in [0.717, 1.165) is 6.42 Å². The number of ether oxygens (including phenoxy) is 1. The van der Waals surface area contributed by atoms with Gasteiger partial charge in [0.1, 0.15) is 0 Å². The Kier molecular flexibility index (Phi) is 6.17. The van der Waals surface area contributed by atoms with Crippen molar-refractivity contribution in [1.29, 1.82) is 0 Å². The molecule has 6 nitrogen and oxygen atoms in total. The monoisotopic (exact) mass is 294 g/mol. The Balaban J connectivity index is 2.50. The maximum Gasteiger partial charge on any atom is 0.335 e. The van der Waals surface area contributed by atoms with Gasteiger partial charge in [-0.3, -0.25) is 0 Å². The zero-order chi connectivity index (χ0) is 15.9. The number of carbonyl (C=O) groups excluding carboxylic acids is 1. The number of carboxylic acids is 1. The molecule has 0 fully saturated rings. The van der Waals surface area contributed by atoms with Crippen molar-refractivity contribution >= 4 is 17.7 Å². The first-order chi connectivity index (χ1) is 9.84. The Bertz CT molecular complexity index is 500. The van der Waals surface area contributed by atoms with E-state index in [1.54, 1.807) is 19.2 Å². The predicted octanol–water partition coefficient (Wildman–Crippen LogP) is 2.57. The van der Waals surface area contributed by atoms with Crippen LogP contribution in [0.25, 0.3) is 0 Å². The Morgan fingerprint density at radius 3 is 2.67 bits per heavy atom. The van der Waals surface area contributed by atoms with Gasteiger partial charge in [-0.05, 0) is 30.0 Å². The van der Waals surface area contributed by atoms with Gasteiger partial charge >= 0.3 is 12.0 Å². The van der Waals surface area contributed by atoms with E-state index in [-0.39, 0.29) is 17.0 Å². The highest BCUT2D eigenvalue weighted by atomic mass is 16.5. The predicted molar refractivity (Wildman–Crippen MR) is 80.7 cm³/mol. The summed E-state index contributed by atoms with van der Waals surface area (Å²) in [6.45, 7) is 5.21. The quantitative estimate of drug-likeness (QED) is 0.721. The number of urea groups is 1. The molecule has 0 unspecified atom stereocenters. The van der Waals surface area contributed by atoms with Crippen LogP contribution in [0.1, 0.15) is 30.6 Å². The summed E-state index contributed by atoms with van der Waals surface area (Å²) in [5, 5.41) is 14.3. The van der Waals surface area contributed by atoms with E-state index in [1.165, 1.54) is 12.1 Å². The van der Waals surface area contributed by atoms with Crippen molar-refractivity contribution in [2.75, 3.05) is 25.6 Å². The summed E-state index contributed by atoms with van der Waals surface area (Å²) in [5.74, 6) is -1.03. The first kappa shape index (κ1) is 17.0. The maximum atomic E-state index is 11.8.